The molecule has 0 radical (unpaired) electrons. The number of hydrogen-bond donors (Lipinski definition) is 2. The number of ether oxygens (including phenoxy) is 2. The zero-order chi connectivity index (χ0) is 14.3. The summed E-state index contributed by atoms with van der Waals surface area (Å²) in [5.41, 5.74) is 0. The fourth-order valence-corrected chi connectivity index (χ4v) is 1.40. The molecule has 1 aromatic rings. The van der Waals surface area contributed by atoms with Gasteiger partial charge in [-0.3, -0.25) is 4.79 Å². The first kappa shape index (κ1) is 14.8. The van der Waals surface area contributed by atoms with Crippen molar-refractivity contribution in [1.29, 1.82) is 0 Å². The minimum atomic E-state index is -1.06. The number of amides is 1. The average Bonchev–Trinajstić information content (AvgIpc) is 2.42. The van der Waals surface area contributed by atoms with E-state index in [-0.39, 0.29) is 6.61 Å². The highest BCUT2D eigenvalue weighted by Crippen LogP contribution is 2.16. The third-order valence-corrected chi connectivity index (χ3v) is 2.47. The first-order chi connectivity index (χ1) is 9.06. The molecule has 0 fully saturated rings. The van der Waals surface area contributed by atoms with Crippen molar-refractivity contribution in [2.75, 3.05) is 13.7 Å². The van der Waals surface area contributed by atoms with Gasteiger partial charge in [0.2, 0.25) is 0 Å². The van der Waals surface area contributed by atoms with Crippen molar-refractivity contribution in [3.05, 3.63) is 24.3 Å². The minimum Gasteiger partial charge on any atom is -0.497 e. The van der Waals surface area contributed by atoms with Crippen molar-refractivity contribution in [3.8, 4) is 11.5 Å². The Labute approximate surface area is 111 Å². The number of carbonyl (C=O) groups excluding carboxylic acids is 1. The molecule has 1 aromatic carbocycles. The Bertz CT molecular complexity index is 429. The van der Waals surface area contributed by atoms with E-state index in [4.69, 9.17) is 14.6 Å². The number of nitrogens with one attached hydrogen (secondary N) is 1. The van der Waals surface area contributed by atoms with Gasteiger partial charge in [0.1, 0.15) is 17.5 Å². The maximum Gasteiger partial charge on any atom is 0.326 e. The highest BCUT2D eigenvalue weighted by Gasteiger charge is 2.17. The Morgan fingerprint density at radius 1 is 1.26 bits per heavy atom. The molecule has 1 unspecified atom stereocenters. The van der Waals surface area contributed by atoms with Gasteiger partial charge >= 0.3 is 5.97 Å². The van der Waals surface area contributed by atoms with Gasteiger partial charge in [-0.25, -0.2) is 4.79 Å². The molecule has 0 aromatic heterocycles. The summed E-state index contributed by atoms with van der Waals surface area (Å²) in [6.45, 7) is 1.46. The van der Waals surface area contributed by atoms with Crippen LogP contribution in [0.5, 0.6) is 11.5 Å². The number of benzene rings is 1. The van der Waals surface area contributed by atoms with Crippen LogP contribution in [-0.2, 0) is 9.59 Å². The van der Waals surface area contributed by atoms with E-state index >= 15 is 0 Å². The molecule has 1 rings (SSSR count). The highest BCUT2D eigenvalue weighted by atomic mass is 16.5. The van der Waals surface area contributed by atoms with Gasteiger partial charge in [0.25, 0.3) is 5.91 Å². The zero-order valence-electron chi connectivity index (χ0n) is 10.9. The van der Waals surface area contributed by atoms with Crippen LogP contribution in [0.15, 0.2) is 24.3 Å². The molecule has 0 aliphatic carbocycles. The van der Waals surface area contributed by atoms with Crippen LogP contribution in [0.2, 0.25) is 0 Å². The van der Waals surface area contributed by atoms with Crippen LogP contribution in [0, 0.1) is 0 Å². The van der Waals surface area contributed by atoms with E-state index < -0.39 is 17.9 Å². The molecule has 0 spiro atoms. The van der Waals surface area contributed by atoms with E-state index in [1.165, 1.54) is 0 Å². The Morgan fingerprint density at radius 3 is 2.32 bits per heavy atom. The minimum absolute atomic E-state index is 0.226. The predicted molar refractivity (Wildman–Crippen MR) is 68.3 cm³/mol. The van der Waals surface area contributed by atoms with Crippen LogP contribution >= 0.6 is 0 Å². The van der Waals surface area contributed by atoms with Crippen LogP contribution in [0.1, 0.15) is 13.3 Å². The van der Waals surface area contributed by atoms with E-state index in [1.54, 1.807) is 38.3 Å². The van der Waals surface area contributed by atoms with Crippen LogP contribution in [0.4, 0.5) is 0 Å². The molecule has 0 saturated heterocycles. The summed E-state index contributed by atoms with van der Waals surface area (Å²) in [6.07, 6.45) is 0.323. The second kappa shape index (κ2) is 7.25. The van der Waals surface area contributed by atoms with Crippen LogP contribution in [-0.4, -0.2) is 36.7 Å². The Kier molecular flexibility index (Phi) is 5.66. The Morgan fingerprint density at radius 2 is 1.84 bits per heavy atom. The van der Waals surface area contributed by atoms with Gasteiger partial charge in [-0.05, 0) is 30.7 Å². The molecule has 1 atom stereocenters. The summed E-state index contributed by atoms with van der Waals surface area (Å²) in [7, 11) is 1.56. The second-order valence-electron chi connectivity index (χ2n) is 3.83. The normalized spacial score (nSPS) is 11.5. The van der Waals surface area contributed by atoms with Crippen molar-refractivity contribution in [1.82, 2.24) is 5.32 Å². The van der Waals surface area contributed by atoms with Crippen LogP contribution < -0.4 is 14.8 Å². The molecular formula is C13H17NO5. The van der Waals surface area contributed by atoms with Crippen molar-refractivity contribution in [2.24, 2.45) is 0 Å². The molecule has 0 heterocycles. The number of rotatable bonds is 7. The summed E-state index contributed by atoms with van der Waals surface area (Å²) in [5.74, 6) is -0.321. The SMILES string of the molecule is CCC(NC(=O)COc1ccc(OC)cc1)C(=O)O. The van der Waals surface area contributed by atoms with Crippen LogP contribution in [0.25, 0.3) is 0 Å². The molecule has 19 heavy (non-hydrogen) atoms. The molecular weight excluding hydrogens is 250 g/mol. The summed E-state index contributed by atoms with van der Waals surface area (Å²) in [4.78, 5) is 22.2. The van der Waals surface area contributed by atoms with E-state index in [1.807, 2.05) is 0 Å². The zero-order valence-corrected chi connectivity index (χ0v) is 10.9. The first-order valence-electron chi connectivity index (χ1n) is 5.85. The lowest BCUT2D eigenvalue weighted by Crippen LogP contribution is -2.42. The van der Waals surface area contributed by atoms with E-state index in [2.05, 4.69) is 5.32 Å². The van der Waals surface area contributed by atoms with Crippen molar-refractivity contribution in [2.45, 2.75) is 19.4 Å². The maximum atomic E-state index is 11.5. The first-order valence-corrected chi connectivity index (χ1v) is 5.85. The van der Waals surface area contributed by atoms with Gasteiger partial charge in [0.05, 0.1) is 7.11 Å². The topological polar surface area (TPSA) is 84.9 Å². The highest BCUT2D eigenvalue weighted by molar-refractivity contribution is 5.84. The molecule has 0 saturated carbocycles. The van der Waals surface area contributed by atoms with Crippen LogP contribution in [0.3, 0.4) is 0 Å². The van der Waals surface area contributed by atoms with Gasteiger partial charge in [0.15, 0.2) is 6.61 Å². The number of carboxylic acid groups (broad SMARTS) is 1. The molecule has 2 N–H and O–H groups in total. The van der Waals surface area contributed by atoms with E-state index in [0.717, 1.165) is 0 Å². The number of carboxylic acids is 1. The number of aliphatic carboxylic acids is 1. The standard InChI is InChI=1S/C13H17NO5/c1-3-11(13(16)17)14-12(15)8-19-10-6-4-9(18-2)5-7-10/h4-7,11H,3,8H2,1-2H3,(H,14,15)(H,16,17). The molecule has 6 heteroatoms. The summed E-state index contributed by atoms with van der Waals surface area (Å²) >= 11 is 0. The third-order valence-electron chi connectivity index (χ3n) is 2.47. The molecule has 1 amide bonds. The fraction of sp³-hybridized carbons (Fsp3) is 0.385. The van der Waals surface area contributed by atoms with Crippen molar-refractivity contribution >= 4 is 11.9 Å². The number of hydrogen-bond acceptors (Lipinski definition) is 4. The van der Waals surface area contributed by atoms with Crippen molar-refractivity contribution in [3.63, 3.8) is 0 Å². The predicted octanol–water partition coefficient (Wildman–Crippen LogP) is 1.05. The summed E-state index contributed by atoms with van der Waals surface area (Å²) < 4.78 is 10.2. The quantitative estimate of drug-likeness (QED) is 0.771. The monoisotopic (exact) mass is 267 g/mol. The van der Waals surface area contributed by atoms with Gasteiger partial charge in [-0.1, -0.05) is 6.92 Å². The molecule has 0 aliphatic heterocycles. The summed E-state index contributed by atoms with van der Waals surface area (Å²) in [5, 5.41) is 11.2. The van der Waals surface area contributed by atoms with E-state index in [9.17, 15) is 9.59 Å². The fourth-order valence-electron chi connectivity index (χ4n) is 1.40. The smallest absolute Gasteiger partial charge is 0.326 e. The lowest BCUT2D eigenvalue weighted by atomic mass is 10.2. The number of methoxy groups -OCH3 is 1. The van der Waals surface area contributed by atoms with Gasteiger partial charge < -0.3 is 19.9 Å². The average molecular weight is 267 g/mol. The Hall–Kier alpha value is -2.24. The lowest BCUT2D eigenvalue weighted by Gasteiger charge is -2.12. The maximum absolute atomic E-state index is 11.5. The number of carbonyl (C=O) groups is 2. The molecule has 6 nitrogen and oxygen atoms in total. The molecule has 0 aliphatic rings. The molecule has 0 bridgehead atoms. The van der Waals surface area contributed by atoms with Gasteiger partial charge in [-0.2, -0.15) is 0 Å². The second-order valence-corrected chi connectivity index (χ2v) is 3.83. The largest absolute Gasteiger partial charge is 0.497 e. The third kappa shape index (κ3) is 4.87. The summed E-state index contributed by atoms with van der Waals surface area (Å²) in [6, 6.07) is 5.87. The van der Waals surface area contributed by atoms with Crippen molar-refractivity contribution < 1.29 is 24.2 Å². The van der Waals surface area contributed by atoms with E-state index in [0.29, 0.717) is 17.9 Å². The van der Waals surface area contributed by atoms with Gasteiger partial charge in [-0.15, -0.1) is 0 Å². The lowest BCUT2D eigenvalue weighted by molar-refractivity contribution is -0.142. The Balaban J connectivity index is 2.42. The van der Waals surface area contributed by atoms with Gasteiger partial charge in [0, 0.05) is 0 Å². The molecule has 104 valence electrons.